The number of amides is 3. The summed E-state index contributed by atoms with van der Waals surface area (Å²) in [5.74, 6) is -0.581. The van der Waals surface area contributed by atoms with Crippen molar-refractivity contribution < 1.29 is 29.0 Å². The Labute approximate surface area is 157 Å². The van der Waals surface area contributed by atoms with E-state index in [2.05, 4.69) is 6.58 Å². The number of carboxylic acids is 1. The Kier molecular flexibility index (Phi) is 6.59. The van der Waals surface area contributed by atoms with Crippen LogP contribution in [0.25, 0.3) is 6.08 Å². The highest BCUT2D eigenvalue weighted by Gasteiger charge is 2.39. The number of rotatable bonds is 9. The first kappa shape index (κ1) is 20.0. The number of likely N-dealkylation sites (N-methyl/N-ethyl adjacent to an activating group) is 1. The first-order valence-corrected chi connectivity index (χ1v) is 8.41. The van der Waals surface area contributed by atoms with Crippen LogP contribution >= 0.6 is 0 Å². The van der Waals surface area contributed by atoms with E-state index in [-0.39, 0.29) is 25.2 Å². The number of hydrogen-bond acceptors (Lipinski definition) is 5. The van der Waals surface area contributed by atoms with E-state index in [1.54, 1.807) is 37.3 Å². The van der Waals surface area contributed by atoms with Gasteiger partial charge in [0.2, 0.25) is 0 Å². The third-order valence-electron chi connectivity index (χ3n) is 3.93. The van der Waals surface area contributed by atoms with Gasteiger partial charge in [-0.2, -0.15) is 0 Å². The van der Waals surface area contributed by atoms with Gasteiger partial charge in [-0.15, -0.1) is 0 Å². The minimum Gasteiger partial charge on any atom is -0.493 e. The summed E-state index contributed by atoms with van der Waals surface area (Å²) in [6.45, 7) is 5.78. The molecular formula is C19H22N2O6. The SMILES string of the molecule is C=CCOc1ccc(C=C2C(=O)N(CCC(=O)O)C(=O)N2CC)cc1OC. The fraction of sp³-hybridized carbons (Fsp3) is 0.316. The van der Waals surface area contributed by atoms with Gasteiger partial charge >= 0.3 is 12.0 Å². The number of carboxylic acid groups (broad SMARTS) is 1. The van der Waals surface area contributed by atoms with Crippen molar-refractivity contribution >= 4 is 24.0 Å². The highest BCUT2D eigenvalue weighted by molar-refractivity contribution is 6.14. The number of carbonyl (C=O) groups is 3. The summed E-state index contributed by atoms with van der Waals surface area (Å²) < 4.78 is 10.8. The van der Waals surface area contributed by atoms with Crippen LogP contribution in [0, 0.1) is 0 Å². The van der Waals surface area contributed by atoms with Crippen LogP contribution in [-0.2, 0) is 9.59 Å². The highest BCUT2D eigenvalue weighted by atomic mass is 16.5. The maximum Gasteiger partial charge on any atom is 0.331 e. The number of carbonyl (C=O) groups excluding carboxylic acids is 2. The van der Waals surface area contributed by atoms with E-state index in [1.807, 2.05) is 0 Å². The number of aliphatic carboxylic acids is 1. The predicted octanol–water partition coefficient (Wildman–Crippen LogP) is 2.36. The van der Waals surface area contributed by atoms with Crippen molar-refractivity contribution in [3.8, 4) is 11.5 Å². The lowest BCUT2D eigenvalue weighted by Crippen LogP contribution is -2.34. The van der Waals surface area contributed by atoms with Crippen LogP contribution in [0.15, 0.2) is 36.6 Å². The number of imide groups is 1. The van der Waals surface area contributed by atoms with Crippen LogP contribution in [0.1, 0.15) is 18.9 Å². The van der Waals surface area contributed by atoms with Gasteiger partial charge < -0.3 is 14.6 Å². The number of methoxy groups -OCH3 is 1. The molecule has 8 nitrogen and oxygen atoms in total. The molecule has 1 saturated heterocycles. The first-order valence-electron chi connectivity index (χ1n) is 8.41. The topological polar surface area (TPSA) is 96.4 Å². The number of ether oxygens (including phenoxy) is 2. The molecule has 1 aromatic rings. The molecule has 8 heteroatoms. The minimum atomic E-state index is -1.07. The Morgan fingerprint density at radius 2 is 2.00 bits per heavy atom. The molecule has 0 saturated carbocycles. The van der Waals surface area contributed by atoms with Crippen molar-refractivity contribution in [3.05, 3.63) is 42.1 Å². The molecule has 0 unspecified atom stereocenters. The molecule has 0 bridgehead atoms. The second kappa shape index (κ2) is 8.88. The second-order valence-electron chi connectivity index (χ2n) is 5.67. The quantitative estimate of drug-likeness (QED) is 0.405. The molecule has 0 spiro atoms. The molecule has 0 aliphatic carbocycles. The molecule has 144 valence electrons. The standard InChI is InChI=1S/C19H22N2O6/c1-4-10-27-15-7-6-13(12-16(15)26-3)11-14-18(24)21(9-8-17(22)23)19(25)20(14)5-2/h4,6-7,11-12H,1,5,8-10H2,2-3H3,(H,22,23). The van der Waals surface area contributed by atoms with Gasteiger partial charge in [0.05, 0.1) is 13.5 Å². The van der Waals surface area contributed by atoms with Crippen LogP contribution in [0.3, 0.4) is 0 Å². The van der Waals surface area contributed by atoms with Crippen molar-refractivity contribution in [1.82, 2.24) is 9.80 Å². The monoisotopic (exact) mass is 374 g/mol. The van der Waals surface area contributed by atoms with Crippen LogP contribution in [0.5, 0.6) is 11.5 Å². The van der Waals surface area contributed by atoms with E-state index in [9.17, 15) is 14.4 Å². The van der Waals surface area contributed by atoms with Crippen molar-refractivity contribution in [3.63, 3.8) is 0 Å². The molecule has 1 aliphatic heterocycles. The average Bonchev–Trinajstić information content (AvgIpc) is 2.87. The zero-order valence-corrected chi connectivity index (χ0v) is 15.3. The smallest absolute Gasteiger partial charge is 0.331 e. The Bertz CT molecular complexity index is 786. The zero-order chi connectivity index (χ0) is 20.0. The number of hydrogen-bond donors (Lipinski definition) is 1. The molecule has 2 rings (SSSR count). The third-order valence-corrected chi connectivity index (χ3v) is 3.93. The van der Waals surface area contributed by atoms with Crippen LogP contribution in [0.2, 0.25) is 0 Å². The number of benzene rings is 1. The molecule has 27 heavy (non-hydrogen) atoms. The summed E-state index contributed by atoms with van der Waals surface area (Å²) in [6, 6.07) is 4.61. The normalized spacial score (nSPS) is 15.4. The van der Waals surface area contributed by atoms with Crippen LogP contribution in [0.4, 0.5) is 4.79 Å². The van der Waals surface area contributed by atoms with E-state index in [0.717, 1.165) is 4.90 Å². The lowest BCUT2D eigenvalue weighted by atomic mass is 10.1. The van der Waals surface area contributed by atoms with E-state index >= 15 is 0 Å². The van der Waals surface area contributed by atoms with Gasteiger partial charge in [0, 0.05) is 13.1 Å². The van der Waals surface area contributed by atoms with Gasteiger partial charge in [0.15, 0.2) is 11.5 Å². The van der Waals surface area contributed by atoms with Crippen LogP contribution < -0.4 is 9.47 Å². The van der Waals surface area contributed by atoms with Gasteiger partial charge in [0.1, 0.15) is 12.3 Å². The van der Waals surface area contributed by atoms with Gasteiger partial charge in [-0.05, 0) is 30.7 Å². The Morgan fingerprint density at radius 3 is 2.59 bits per heavy atom. The molecule has 1 fully saturated rings. The zero-order valence-electron chi connectivity index (χ0n) is 15.3. The molecular weight excluding hydrogens is 352 g/mol. The molecule has 3 amide bonds. The van der Waals surface area contributed by atoms with Crippen molar-refractivity contribution in [2.24, 2.45) is 0 Å². The summed E-state index contributed by atoms with van der Waals surface area (Å²) >= 11 is 0. The Morgan fingerprint density at radius 1 is 1.26 bits per heavy atom. The van der Waals surface area contributed by atoms with E-state index in [0.29, 0.717) is 23.7 Å². The number of nitrogens with zero attached hydrogens (tertiary/aromatic N) is 2. The molecule has 0 aromatic heterocycles. The van der Waals surface area contributed by atoms with E-state index in [4.69, 9.17) is 14.6 Å². The Balaban J connectivity index is 2.32. The molecule has 1 heterocycles. The molecule has 1 aliphatic rings. The van der Waals surface area contributed by atoms with Gasteiger partial charge in [0.25, 0.3) is 5.91 Å². The largest absolute Gasteiger partial charge is 0.493 e. The molecule has 1 N–H and O–H groups in total. The van der Waals surface area contributed by atoms with Gasteiger partial charge in [-0.1, -0.05) is 18.7 Å². The van der Waals surface area contributed by atoms with Crippen LogP contribution in [-0.4, -0.2) is 59.6 Å². The number of urea groups is 1. The fourth-order valence-corrected chi connectivity index (χ4v) is 2.64. The van der Waals surface area contributed by atoms with Crippen molar-refractivity contribution in [2.45, 2.75) is 13.3 Å². The molecule has 0 atom stereocenters. The van der Waals surface area contributed by atoms with E-state index in [1.165, 1.54) is 12.0 Å². The second-order valence-corrected chi connectivity index (χ2v) is 5.67. The summed E-state index contributed by atoms with van der Waals surface area (Å²) in [4.78, 5) is 38.0. The lowest BCUT2D eigenvalue weighted by Gasteiger charge is -2.14. The van der Waals surface area contributed by atoms with Gasteiger partial charge in [-0.3, -0.25) is 19.4 Å². The maximum atomic E-state index is 12.6. The summed E-state index contributed by atoms with van der Waals surface area (Å²) in [6.07, 6.45) is 2.89. The average molecular weight is 374 g/mol. The summed E-state index contributed by atoms with van der Waals surface area (Å²) in [5.41, 5.74) is 0.835. The fourth-order valence-electron chi connectivity index (χ4n) is 2.64. The first-order chi connectivity index (χ1) is 12.9. The summed E-state index contributed by atoms with van der Waals surface area (Å²) in [7, 11) is 1.50. The predicted molar refractivity (Wildman–Crippen MR) is 98.4 cm³/mol. The van der Waals surface area contributed by atoms with Gasteiger partial charge in [-0.25, -0.2) is 4.79 Å². The molecule has 0 radical (unpaired) electrons. The Hall–Kier alpha value is -3.29. The maximum absolute atomic E-state index is 12.6. The van der Waals surface area contributed by atoms with E-state index < -0.39 is 17.9 Å². The minimum absolute atomic E-state index is 0.168. The van der Waals surface area contributed by atoms with Crippen molar-refractivity contribution in [2.75, 3.05) is 26.8 Å². The summed E-state index contributed by atoms with van der Waals surface area (Å²) in [5, 5.41) is 8.81. The third kappa shape index (κ3) is 4.46. The molecule has 1 aromatic carbocycles. The highest BCUT2D eigenvalue weighted by Crippen LogP contribution is 2.30. The van der Waals surface area contributed by atoms with Crippen molar-refractivity contribution in [1.29, 1.82) is 0 Å². The lowest BCUT2D eigenvalue weighted by molar-refractivity contribution is -0.137.